The summed E-state index contributed by atoms with van der Waals surface area (Å²) in [6.45, 7) is 0. The van der Waals surface area contributed by atoms with Crippen LogP contribution >= 0.6 is 0 Å². The summed E-state index contributed by atoms with van der Waals surface area (Å²) in [6, 6.07) is 5.35. The van der Waals surface area contributed by atoms with Gasteiger partial charge >= 0.3 is 0 Å². The molecule has 0 aliphatic carbocycles. The van der Waals surface area contributed by atoms with Crippen molar-refractivity contribution in [3.05, 3.63) is 28.3 Å². The number of anilines is 1. The molecule has 0 aromatic heterocycles. The van der Waals surface area contributed by atoms with Crippen LogP contribution < -0.4 is 20.7 Å². The van der Waals surface area contributed by atoms with Crippen molar-refractivity contribution < 1.29 is 19.8 Å². The van der Waals surface area contributed by atoms with Crippen LogP contribution in [0.5, 0.6) is 11.5 Å². The van der Waals surface area contributed by atoms with Crippen LogP contribution in [-0.4, -0.2) is 24.5 Å². The van der Waals surface area contributed by atoms with Crippen molar-refractivity contribution in [3.63, 3.8) is 0 Å². The number of nitrogens with zero attached hydrogens (tertiary/aromatic N) is 1. The van der Waals surface area contributed by atoms with E-state index in [1.54, 1.807) is 32.4 Å². The molecule has 4 N–H and O–H groups in total. The first-order valence-corrected chi connectivity index (χ1v) is 4.07. The lowest BCUT2D eigenvalue weighted by Gasteiger charge is -2.08. The van der Waals surface area contributed by atoms with E-state index in [0.717, 1.165) is 5.75 Å². The van der Waals surface area contributed by atoms with E-state index in [4.69, 9.17) is 30.6 Å². The van der Waals surface area contributed by atoms with Crippen molar-refractivity contribution in [1.82, 2.24) is 0 Å². The van der Waals surface area contributed by atoms with Gasteiger partial charge in [-0.3, -0.25) is 5.84 Å². The number of hydrazine groups is 1. The second-order valence-corrected chi connectivity index (χ2v) is 2.45. The van der Waals surface area contributed by atoms with E-state index in [2.05, 4.69) is 5.43 Å². The molecule has 0 atom stereocenters. The Kier molecular flexibility index (Phi) is 6.13. The molecule has 0 saturated carbocycles. The Labute approximate surface area is 91.7 Å². The normalized spacial score (nSPS) is 8.44. The maximum absolute atomic E-state index is 8.36. The maximum atomic E-state index is 8.36. The zero-order valence-electron chi connectivity index (χ0n) is 8.84. The Morgan fingerprint density at radius 1 is 1.44 bits per heavy atom. The fraction of sp³-hybridized carbons (Fsp3) is 0.250. The van der Waals surface area contributed by atoms with Gasteiger partial charge in [0.15, 0.2) is 0 Å². The third kappa shape index (κ3) is 4.86. The minimum absolute atomic E-state index is 0.693. The number of ether oxygens (including phenoxy) is 2. The van der Waals surface area contributed by atoms with E-state index >= 15 is 0 Å². The molecule has 0 unspecified atom stereocenters. The molecule has 0 bridgehead atoms. The Hall–Kier alpha value is -2.22. The summed E-state index contributed by atoms with van der Waals surface area (Å²) in [5.41, 5.74) is 3.22. The Morgan fingerprint density at radius 3 is 2.38 bits per heavy atom. The van der Waals surface area contributed by atoms with Gasteiger partial charge in [0.2, 0.25) is 0 Å². The third-order valence-electron chi connectivity index (χ3n) is 1.56. The molecule has 16 heavy (non-hydrogen) atoms. The quantitative estimate of drug-likeness (QED) is 0.396. The SMILES string of the molecule is COc1ccc(OC)c(NN)c1.O=[N+]([O-])O. The first-order valence-electron chi connectivity index (χ1n) is 4.07. The predicted octanol–water partition coefficient (Wildman–Crippen LogP) is 0.642. The molecule has 0 fully saturated rings. The van der Waals surface area contributed by atoms with Crippen molar-refractivity contribution in [1.29, 1.82) is 0 Å². The average molecular weight is 231 g/mol. The summed E-state index contributed by atoms with van der Waals surface area (Å²) >= 11 is 0. The fourth-order valence-corrected chi connectivity index (χ4v) is 0.927. The highest BCUT2D eigenvalue weighted by Crippen LogP contribution is 2.27. The van der Waals surface area contributed by atoms with Gasteiger partial charge in [-0.1, -0.05) is 0 Å². The number of nitrogens with one attached hydrogen (secondary N) is 1. The van der Waals surface area contributed by atoms with E-state index in [1.807, 2.05) is 0 Å². The lowest BCUT2D eigenvalue weighted by Crippen LogP contribution is -2.08. The minimum atomic E-state index is -1.50. The first-order chi connectivity index (χ1) is 7.54. The Morgan fingerprint density at radius 2 is 2.00 bits per heavy atom. The molecule has 0 saturated heterocycles. The van der Waals surface area contributed by atoms with Crippen LogP contribution in [0.15, 0.2) is 18.2 Å². The summed E-state index contributed by atoms with van der Waals surface area (Å²) in [4.78, 5) is 8.36. The van der Waals surface area contributed by atoms with Crippen molar-refractivity contribution in [2.45, 2.75) is 0 Å². The lowest BCUT2D eigenvalue weighted by atomic mass is 10.3. The Balaban J connectivity index is 0.000000487. The topological polar surface area (TPSA) is 120 Å². The molecular formula is C8H13N3O5. The molecule has 90 valence electrons. The number of rotatable bonds is 3. The third-order valence-corrected chi connectivity index (χ3v) is 1.56. The summed E-state index contributed by atoms with van der Waals surface area (Å²) in [7, 11) is 3.19. The number of nitrogens with two attached hydrogens (primary N) is 1. The highest BCUT2D eigenvalue weighted by molar-refractivity contribution is 5.58. The summed E-state index contributed by atoms with van der Waals surface area (Å²) in [6.07, 6.45) is 0. The standard InChI is InChI=1S/C8H12N2O2.HNO3/c1-11-6-3-4-8(12-2)7(5-6)10-9;2-1(3)4/h3-5,10H,9H2,1-2H3;(H,2,3,4). The summed E-state index contributed by atoms with van der Waals surface area (Å²) in [5.74, 6) is 6.70. The zero-order chi connectivity index (χ0) is 12.6. The molecule has 0 aliphatic rings. The molecule has 8 nitrogen and oxygen atoms in total. The second-order valence-electron chi connectivity index (χ2n) is 2.45. The number of methoxy groups -OCH3 is 2. The van der Waals surface area contributed by atoms with Crippen LogP contribution in [-0.2, 0) is 0 Å². The number of benzene rings is 1. The van der Waals surface area contributed by atoms with Crippen LogP contribution in [0.25, 0.3) is 0 Å². The summed E-state index contributed by atoms with van der Waals surface area (Å²) < 4.78 is 10.0. The first kappa shape index (κ1) is 13.8. The second kappa shape index (κ2) is 7.12. The lowest BCUT2D eigenvalue weighted by molar-refractivity contribution is -0.742. The van der Waals surface area contributed by atoms with Gasteiger partial charge in [-0.05, 0) is 12.1 Å². The molecule has 1 aromatic rings. The van der Waals surface area contributed by atoms with Crippen molar-refractivity contribution >= 4 is 5.69 Å². The van der Waals surface area contributed by atoms with Crippen LogP contribution in [0, 0.1) is 10.1 Å². The van der Waals surface area contributed by atoms with Gasteiger partial charge in [0.1, 0.15) is 11.5 Å². The highest BCUT2D eigenvalue weighted by atomic mass is 16.9. The monoisotopic (exact) mass is 231 g/mol. The number of nitrogen functional groups attached to an aromatic ring is 1. The van der Waals surface area contributed by atoms with Crippen molar-refractivity contribution in [3.8, 4) is 11.5 Å². The van der Waals surface area contributed by atoms with Crippen LogP contribution in [0.2, 0.25) is 0 Å². The molecule has 0 radical (unpaired) electrons. The molecule has 0 heterocycles. The van der Waals surface area contributed by atoms with Gasteiger partial charge in [0.25, 0.3) is 5.09 Å². The average Bonchev–Trinajstić information content (AvgIpc) is 2.27. The van der Waals surface area contributed by atoms with Crippen LogP contribution in [0.4, 0.5) is 5.69 Å². The summed E-state index contributed by atoms with van der Waals surface area (Å²) in [5, 5.41) is 13.6. The molecule has 1 rings (SSSR count). The largest absolute Gasteiger partial charge is 0.497 e. The van der Waals surface area contributed by atoms with Gasteiger partial charge in [0, 0.05) is 6.07 Å². The highest BCUT2D eigenvalue weighted by Gasteiger charge is 2.01. The van der Waals surface area contributed by atoms with Gasteiger partial charge in [0.05, 0.1) is 19.9 Å². The van der Waals surface area contributed by atoms with Gasteiger partial charge in [-0.15, -0.1) is 10.1 Å². The van der Waals surface area contributed by atoms with E-state index in [0.29, 0.717) is 11.4 Å². The Bertz CT molecular complexity index is 340. The van der Waals surface area contributed by atoms with Crippen LogP contribution in [0.1, 0.15) is 0 Å². The van der Waals surface area contributed by atoms with Crippen molar-refractivity contribution in [2.75, 3.05) is 19.6 Å². The van der Waals surface area contributed by atoms with Gasteiger partial charge < -0.3 is 20.1 Å². The molecular weight excluding hydrogens is 218 g/mol. The van der Waals surface area contributed by atoms with Gasteiger partial charge in [-0.2, -0.15) is 0 Å². The van der Waals surface area contributed by atoms with E-state index in [9.17, 15) is 0 Å². The van der Waals surface area contributed by atoms with E-state index in [-0.39, 0.29) is 0 Å². The van der Waals surface area contributed by atoms with E-state index in [1.165, 1.54) is 0 Å². The molecule has 0 amide bonds. The molecule has 1 aromatic carbocycles. The minimum Gasteiger partial charge on any atom is -0.497 e. The predicted molar refractivity (Wildman–Crippen MR) is 56.1 cm³/mol. The fourth-order valence-electron chi connectivity index (χ4n) is 0.927. The van der Waals surface area contributed by atoms with Crippen molar-refractivity contribution in [2.24, 2.45) is 5.84 Å². The molecule has 0 aliphatic heterocycles. The zero-order valence-corrected chi connectivity index (χ0v) is 8.84. The molecule has 8 heteroatoms. The number of hydrogen-bond donors (Lipinski definition) is 3. The van der Waals surface area contributed by atoms with Crippen LogP contribution in [0.3, 0.4) is 0 Å². The van der Waals surface area contributed by atoms with Gasteiger partial charge in [-0.25, -0.2) is 0 Å². The smallest absolute Gasteiger partial charge is 0.291 e. The number of hydrogen-bond acceptors (Lipinski definition) is 6. The van der Waals surface area contributed by atoms with E-state index < -0.39 is 5.09 Å². The molecule has 0 spiro atoms. The maximum Gasteiger partial charge on any atom is 0.291 e.